The lowest BCUT2D eigenvalue weighted by Crippen LogP contribution is -2.17. The van der Waals surface area contributed by atoms with E-state index in [9.17, 15) is 4.79 Å². The second-order valence-electron chi connectivity index (χ2n) is 4.54. The first kappa shape index (κ1) is 13.0. The van der Waals surface area contributed by atoms with E-state index in [1.54, 1.807) is 12.1 Å². The zero-order chi connectivity index (χ0) is 13.8. The standard InChI is InChI=1S/C16H16N2O/c1-11-3-7-13(8-4-11)15(18-17)16(19)14-9-5-12(2)6-10-14/h3-10H,17H2,1-2H3/b18-15-. The lowest BCUT2D eigenvalue weighted by molar-refractivity contribution is 0.106. The van der Waals surface area contributed by atoms with Crippen LogP contribution in [-0.2, 0) is 0 Å². The topological polar surface area (TPSA) is 55.5 Å². The first-order valence-electron chi connectivity index (χ1n) is 6.08. The van der Waals surface area contributed by atoms with Gasteiger partial charge in [-0.15, -0.1) is 0 Å². The highest BCUT2D eigenvalue weighted by Crippen LogP contribution is 2.11. The molecule has 3 nitrogen and oxygen atoms in total. The molecule has 0 saturated carbocycles. The number of benzene rings is 2. The van der Waals surface area contributed by atoms with Crippen LogP contribution in [0.3, 0.4) is 0 Å². The molecule has 2 aromatic rings. The van der Waals surface area contributed by atoms with Crippen molar-refractivity contribution < 1.29 is 4.79 Å². The number of carbonyl (C=O) groups excluding carboxylic acids is 1. The van der Waals surface area contributed by atoms with E-state index >= 15 is 0 Å². The van der Waals surface area contributed by atoms with Crippen molar-refractivity contribution >= 4 is 11.5 Å². The van der Waals surface area contributed by atoms with Crippen LogP contribution in [0, 0.1) is 13.8 Å². The van der Waals surface area contributed by atoms with Crippen molar-refractivity contribution in [3.8, 4) is 0 Å². The monoisotopic (exact) mass is 252 g/mol. The first-order valence-corrected chi connectivity index (χ1v) is 6.08. The van der Waals surface area contributed by atoms with Gasteiger partial charge in [-0.1, -0.05) is 59.7 Å². The number of ketones is 1. The van der Waals surface area contributed by atoms with Gasteiger partial charge in [0.2, 0.25) is 5.78 Å². The fraction of sp³-hybridized carbons (Fsp3) is 0.125. The van der Waals surface area contributed by atoms with Gasteiger partial charge in [0.25, 0.3) is 0 Å². The van der Waals surface area contributed by atoms with Crippen molar-refractivity contribution in [2.45, 2.75) is 13.8 Å². The maximum absolute atomic E-state index is 12.4. The number of carbonyl (C=O) groups is 1. The van der Waals surface area contributed by atoms with Crippen LogP contribution < -0.4 is 5.84 Å². The largest absolute Gasteiger partial charge is 0.323 e. The SMILES string of the molecule is Cc1ccc(C(=O)/C(=N\N)c2ccc(C)cc2)cc1. The van der Waals surface area contributed by atoms with E-state index in [2.05, 4.69) is 5.10 Å². The Morgan fingerprint density at radius 1 is 0.842 bits per heavy atom. The summed E-state index contributed by atoms with van der Waals surface area (Å²) in [6, 6.07) is 15.0. The molecule has 2 N–H and O–H groups in total. The molecule has 0 bridgehead atoms. The summed E-state index contributed by atoms with van der Waals surface area (Å²) in [6.45, 7) is 3.97. The lowest BCUT2D eigenvalue weighted by Gasteiger charge is -2.05. The molecule has 0 aliphatic rings. The fourth-order valence-corrected chi connectivity index (χ4v) is 1.82. The van der Waals surface area contributed by atoms with E-state index in [0.717, 1.165) is 16.7 Å². The summed E-state index contributed by atoms with van der Waals surface area (Å²) < 4.78 is 0. The maximum atomic E-state index is 12.4. The molecule has 2 rings (SSSR count). The number of Topliss-reactive ketones (excluding diaryl/α,β-unsaturated/α-hetero) is 1. The molecule has 0 radical (unpaired) electrons. The van der Waals surface area contributed by atoms with Gasteiger partial charge in [0.05, 0.1) is 0 Å². The van der Waals surface area contributed by atoms with Gasteiger partial charge in [-0.25, -0.2) is 0 Å². The molecule has 3 heteroatoms. The van der Waals surface area contributed by atoms with Gasteiger partial charge in [0, 0.05) is 11.1 Å². The Morgan fingerprint density at radius 3 is 1.68 bits per heavy atom. The highest BCUT2D eigenvalue weighted by Gasteiger charge is 2.15. The summed E-state index contributed by atoms with van der Waals surface area (Å²) in [7, 11) is 0. The summed E-state index contributed by atoms with van der Waals surface area (Å²) in [5.74, 6) is 5.22. The average Bonchev–Trinajstić information content (AvgIpc) is 2.42. The summed E-state index contributed by atoms with van der Waals surface area (Å²) in [5.41, 5.74) is 3.85. The Kier molecular flexibility index (Phi) is 3.76. The lowest BCUT2D eigenvalue weighted by atomic mass is 9.99. The van der Waals surface area contributed by atoms with Crippen LogP contribution in [0.4, 0.5) is 0 Å². The van der Waals surface area contributed by atoms with Gasteiger partial charge in [0.15, 0.2) is 0 Å². The third kappa shape index (κ3) is 2.88. The van der Waals surface area contributed by atoms with Crippen LogP contribution in [0.2, 0.25) is 0 Å². The van der Waals surface area contributed by atoms with Crippen LogP contribution in [0.25, 0.3) is 0 Å². The molecular weight excluding hydrogens is 236 g/mol. The number of aryl methyl sites for hydroxylation is 2. The number of hydrogen-bond acceptors (Lipinski definition) is 3. The zero-order valence-corrected chi connectivity index (χ0v) is 11.1. The molecule has 0 spiro atoms. The van der Waals surface area contributed by atoms with Gasteiger partial charge >= 0.3 is 0 Å². The summed E-state index contributed by atoms with van der Waals surface area (Å²) in [6.07, 6.45) is 0. The molecule has 0 atom stereocenters. The van der Waals surface area contributed by atoms with Gasteiger partial charge in [-0.05, 0) is 13.8 Å². The van der Waals surface area contributed by atoms with Crippen molar-refractivity contribution in [1.82, 2.24) is 0 Å². The van der Waals surface area contributed by atoms with Crippen molar-refractivity contribution in [2.24, 2.45) is 10.9 Å². The van der Waals surface area contributed by atoms with Crippen LogP contribution in [0.5, 0.6) is 0 Å². The molecule has 96 valence electrons. The summed E-state index contributed by atoms with van der Waals surface area (Å²) >= 11 is 0. The Bertz CT molecular complexity index is 610. The van der Waals surface area contributed by atoms with Crippen molar-refractivity contribution in [1.29, 1.82) is 0 Å². The number of nitrogens with two attached hydrogens (primary N) is 1. The van der Waals surface area contributed by atoms with E-state index in [4.69, 9.17) is 5.84 Å². The van der Waals surface area contributed by atoms with Crippen LogP contribution >= 0.6 is 0 Å². The van der Waals surface area contributed by atoms with Crippen molar-refractivity contribution in [2.75, 3.05) is 0 Å². The van der Waals surface area contributed by atoms with E-state index in [1.807, 2.05) is 50.2 Å². The molecule has 0 saturated heterocycles. The number of hydrazone groups is 1. The maximum Gasteiger partial charge on any atom is 0.213 e. The van der Waals surface area contributed by atoms with E-state index < -0.39 is 0 Å². The predicted molar refractivity (Wildman–Crippen MR) is 77.4 cm³/mol. The first-order chi connectivity index (χ1) is 9.11. The van der Waals surface area contributed by atoms with Gasteiger partial charge in [-0.3, -0.25) is 4.79 Å². The molecule has 0 fully saturated rings. The zero-order valence-electron chi connectivity index (χ0n) is 11.1. The second-order valence-corrected chi connectivity index (χ2v) is 4.54. The number of hydrogen-bond donors (Lipinski definition) is 1. The van der Waals surface area contributed by atoms with Crippen molar-refractivity contribution in [3.63, 3.8) is 0 Å². The minimum atomic E-state index is -0.161. The van der Waals surface area contributed by atoms with E-state index in [-0.39, 0.29) is 11.5 Å². The Hall–Kier alpha value is -2.42. The van der Waals surface area contributed by atoms with Crippen LogP contribution in [0.1, 0.15) is 27.0 Å². The van der Waals surface area contributed by atoms with Crippen molar-refractivity contribution in [3.05, 3.63) is 70.8 Å². The molecule has 2 aromatic carbocycles. The minimum Gasteiger partial charge on any atom is -0.323 e. The summed E-state index contributed by atoms with van der Waals surface area (Å²) in [4.78, 5) is 12.4. The van der Waals surface area contributed by atoms with Gasteiger partial charge in [-0.2, -0.15) is 5.10 Å². The Balaban J connectivity index is 2.35. The fourth-order valence-electron chi connectivity index (χ4n) is 1.82. The smallest absolute Gasteiger partial charge is 0.213 e. The van der Waals surface area contributed by atoms with E-state index in [1.165, 1.54) is 0 Å². The molecule has 0 aromatic heterocycles. The second kappa shape index (κ2) is 5.48. The third-order valence-corrected chi connectivity index (χ3v) is 2.98. The van der Waals surface area contributed by atoms with E-state index in [0.29, 0.717) is 5.56 Å². The normalized spacial score (nSPS) is 11.4. The van der Waals surface area contributed by atoms with Gasteiger partial charge < -0.3 is 5.84 Å². The molecule has 0 aliphatic heterocycles. The Morgan fingerprint density at radius 2 is 1.26 bits per heavy atom. The van der Waals surface area contributed by atoms with Crippen LogP contribution in [0.15, 0.2) is 53.6 Å². The third-order valence-electron chi connectivity index (χ3n) is 2.98. The average molecular weight is 252 g/mol. The minimum absolute atomic E-state index is 0.161. The quantitative estimate of drug-likeness (QED) is 0.395. The molecule has 0 unspecified atom stereocenters. The number of rotatable bonds is 3. The highest BCUT2D eigenvalue weighted by atomic mass is 16.1. The molecule has 0 heterocycles. The molecule has 19 heavy (non-hydrogen) atoms. The molecular formula is C16H16N2O. The van der Waals surface area contributed by atoms with Crippen LogP contribution in [-0.4, -0.2) is 11.5 Å². The predicted octanol–water partition coefficient (Wildman–Crippen LogP) is 2.85. The Labute approximate surface area is 112 Å². The van der Waals surface area contributed by atoms with Gasteiger partial charge in [0.1, 0.15) is 5.71 Å². The highest BCUT2D eigenvalue weighted by molar-refractivity contribution is 6.51. The molecule has 0 aliphatic carbocycles. The number of nitrogens with zero attached hydrogens (tertiary/aromatic N) is 1. The summed E-state index contributed by atoms with van der Waals surface area (Å²) in [5, 5.41) is 3.65. The molecule has 0 amide bonds.